The Balaban J connectivity index is 1.64. The van der Waals surface area contributed by atoms with Gasteiger partial charge in [0.05, 0.1) is 19.9 Å². The molecule has 3 aromatic rings. The molecule has 10 heteroatoms. The number of rotatable bonds is 12. The van der Waals surface area contributed by atoms with Crippen molar-refractivity contribution in [3.05, 3.63) is 77.4 Å². The molecule has 0 unspecified atom stereocenters. The molecule has 4 rings (SSSR count). The number of halogens is 1. The molecule has 1 fully saturated rings. The summed E-state index contributed by atoms with van der Waals surface area (Å²) in [4.78, 5) is 46.2. The van der Waals surface area contributed by atoms with Gasteiger partial charge in [-0.3, -0.25) is 19.3 Å². The maximum atomic E-state index is 14.1. The first-order valence-electron chi connectivity index (χ1n) is 14.2. The summed E-state index contributed by atoms with van der Waals surface area (Å²) in [6, 6.07) is 16.3. The number of ether oxygens (including phenoxy) is 2. The number of nitrogens with one attached hydrogen (secondary N) is 2. The number of amides is 3. The van der Waals surface area contributed by atoms with Crippen LogP contribution in [0.1, 0.15) is 63.0 Å². The predicted molar refractivity (Wildman–Crippen MR) is 163 cm³/mol. The summed E-state index contributed by atoms with van der Waals surface area (Å²) in [5.41, 5.74) is 1.05. The van der Waals surface area contributed by atoms with Crippen LogP contribution in [-0.2, 0) is 14.4 Å². The monoisotopic (exact) mass is 592 g/mol. The molecule has 1 heterocycles. The van der Waals surface area contributed by atoms with Crippen LogP contribution in [-0.4, -0.2) is 43.0 Å². The fourth-order valence-corrected chi connectivity index (χ4v) is 5.25. The molecule has 1 aliphatic carbocycles. The summed E-state index contributed by atoms with van der Waals surface area (Å²) < 4.78 is 11.0. The molecule has 9 nitrogen and oxygen atoms in total. The van der Waals surface area contributed by atoms with Crippen molar-refractivity contribution in [2.24, 2.45) is 0 Å². The molecule has 1 aliphatic rings. The summed E-state index contributed by atoms with van der Waals surface area (Å²) in [6.07, 6.45) is 7.03. The highest BCUT2D eigenvalue weighted by Gasteiger charge is 2.34. The Labute approximate surface area is 251 Å². The number of carbonyl (C=O) groups is 3. The minimum absolute atomic E-state index is 0.0238. The lowest BCUT2D eigenvalue weighted by Crippen LogP contribution is -2.47. The Morgan fingerprint density at radius 2 is 1.64 bits per heavy atom. The van der Waals surface area contributed by atoms with Gasteiger partial charge in [-0.05, 0) is 49.1 Å². The molecule has 1 saturated carbocycles. The number of hydrogen-bond donors (Lipinski definition) is 2. The molecule has 0 aliphatic heterocycles. The van der Waals surface area contributed by atoms with Crippen molar-refractivity contribution in [1.29, 1.82) is 0 Å². The SMILES string of the molecule is COc1cc(OC)cc(N(C(=O)CCCC(=O)Nc2ccccn2)[C@@H](C(=O)NC2CCCCC2)c2ccc(Cl)cc2)c1. The highest BCUT2D eigenvalue weighted by atomic mass is 35.5. The Morgan fingerprint density at radius 3 is 2.26 bits per heavy atom. The van der Waals surface area contributed by atoms with E-state index in [2.05, 4.69) is 15.6 Å². The third-order valence-electron chi connectivity index (χ3n) is 7.25. The maximum Gasteiger partial charge on any atom is 0.248 e. The van der Waals surface area contributed by atoms with Crippen molar-refractivity contribution in [2.75, 3.05) is 24.4 Å². The van der Waals surface area contributed by atoms with E-state index >= 15 is 0 Å². The van der Waals surface area contributed by atoms with Gasteiger partial charge >= 0.3 is 0 Å². The van der Waals surface area contributed by atoms with Crippen LogP contribution in [0.4, 0.5) is 11.5 Å². The molecule has 0 bridgehead atoms. The van der Waals surface area contributed by atoms with Gasteiger partial charge in [-0.15, -0.1) is 0 Å². The fraction of sp³-hybridized carbons (Fsp3) is 0.375. The summed E-state index contributed by atoms with van der Waals surface area (Å²) in [5.74, 6) is 0.530. The summed E-state index contributed by atoms with van der Waals surface area (Å²) in [6.45, 7) is 0. The average molecular weight is 593 g/mol. The average Bonchev–Trinajstić information content (AvgIpc) is 3.01. The number of hydrogen-bond acceptors (Lipinski definition) is 6. The summed E-state index contributed by atoms with van der Waals surface area (Å²) >= 11 is 6.19. The molecule has 0 spiro atoms. The number of nitrogens with zero attached hydrogens (tertiary/aromatic N) is 2. The van der Waals surface area contributed by atoms with Gasteiger partial charge in [0, 0.05) is 48.3 Å². The Kier molecular flexibility index (Phi) is 11.2. The largest absolute Gasteiger partial charge is 0.497 e. The molecule has 0 radical (unpaired) electrons. The van der Waals surface area contributed by atoms with Gasteiger partial charge < -0.3 is 20.1 Å². The van der Waals surface area contributed by atoms with E-state index in [1.54, 1.807) is 66.9 Å². The van der Waals surface area contributed by atoms with Crippen LogP contribution in [0, 0.1) is 0 Å². The first-order valence-corrected chi connectivity index (χ1v) is 14.6. The second-order valence-electron chi connectivity index (χ2n) is 10.2. The Hall–Kier alpha value is -4.11. The van der Waals surface area contributed by atoms with Crippen LogP contribution >= 0.6 is 11.6 Å². The number of pyridine rings is 1. The lowest BCUT2D eigenvalue weighted by Gasteiger charge is -2.34. The number of carbonyl (C=O) groups excluding carboxylic acids is 3. The van der Waals surface area contributed by atoms with Crippen molar-refractivity contribution >= 4 is 40.8 Å². The molecule has 2 N–H and O–H groups in total. The fourth-order valence-electron chi connectivity index (χ4n) is 5.12. The molecule has 222 valence electrons. The van der Waals surface area contributed by atoms with E-state index in [0.29, 0.717) is 33.6 Å². The van der Waals surface area contributed by atoms with Crippen LogP contribution in [0.3, 0.4) is 0 Å². The first-order chi connectivity index (χ1) is 20.4. The van der Waals surface area contributed by atoms with Crippen molar-refractivity contribution in [2.45, 2.75) is 63.5 Å². The highest BCUT2D eigenvalue weighted by molar-refractivity contribution is 6.30. The smallest absolute Gasteiger partial charge is 0.248 e. The standard InChI is InChI=1S/C32H37ClN4O5/c1-41-26-19-25(20-27(21-26)42-2)37(30(39)13-8-12-29(38)36-28-11-6-7-18-34-28)31(22-14-16-23(33)17-15-22)32(40)35-24-9-4-3-5-10-24/h6-7,11,14-21,24,31H,3-5,8-10,12-13H2,1-2H3,(H,35,40)(H,34,36,38)/t31-/m1/s1. The van der Waals surface area contributed by atoms with E-state index < -0.39 is 6.04 Å². The van der Waals surface area contributed by atoms with Crippen LogP contribution in [0.15, 0.2) is 66.9 Å². The number of benzene rings is 2. The molecular weight excluding hydrogens is 556 g/mol. The molecule has 1 atom stereocenters. The summed E-state index contributed by atoms with van der Waals surface area (Å²) in [7, 11) is 3.05. The molecule has 2 aromatic carbocycles. The van der Waals surface area contributed by atoms with Crippen molar-refractivity contribution < 1.29 is 23.9 Å². The lowest BCUT2D eigenvalue weighted by molar-refractivity contribution is -0.127. The zero-order valence-electron chi connectivity index (χ0n) is 24.0. The van der Waals surface area contributed by atoms with E-state index in [0.717, 1.165) is 32.1 Å². The van der Waals surface area contributed by atoms with E-state index in [-0.39, 0.29) is 43.0 Å². The number of anilines is 2. The van der Waals surface area contributed by atoms with E-state index in [1.807, 2.05) is 0 Å². The second kappa shape index (κ2) is 15.2. The van der Waals surface area contributed by atoms with Crippen LogP contribution < -0.4 is 25.0 Å². The first kappa shape index (κ1) is 30.8. The predicted octanol–water partition coefficient (Wildman–Crippen LogP) is 6.08. The van der Waals surface area contributed by atoms with E-state index in [9.17, 15) is 14.4 Å². The Bertz CT molecular complexity index is 1320. The lowest BCUT2D eigenvalue weighted by atomic mass is 9.94. The van der Waals surface area contributed by atoms with Crippen molar-refractivity contribution in [3.8, 4) is 11.5 Å². The van der Waals surface area contributed by atoms with Gasteiger partial charge in [0.1, 0.15) is 23.4 Å². The molecule has 1 aromatic heterocycles. The minimum Gasteiger partial charge on any atom is -0.497 e. The summed E-state index contributed by atoms with van der Waals surface area (Å²) in [5, 5.41) is 6.45. The van der Waals surface area contributed by atoms with Crippen molar-refractivity contribution in [1.82, 2.24) is 10.3 Å². The van der Waals surface area contributed by atoms with Gasteiger partial charge in [0.15, 0.2) is 0 Å². The van der Waals surface area contributed by atoms with Crippen LogP contribution in [0.25, 0.3) is 0 Å². The second-order valence-corrected chi connectivity index (χ2v) is 10.7. The molecule has 42 heavy (non-hydrogen) atoms. The Morgan fingerprint density at radius 1 is 0.952 bits per heavy atom. The van der Waals surface area contributed by atoms with Gasteiger partial charge in [-0.25, -0.2) is 4.98 Å². The normalized spacial score (nSPS) is 14.0. The van der Waals surface area contributed by atoms with Gasteiger partial charge in [0.2, 0.25) is 17.7 Å². The zero-order valence-corrected chi connectivity index (χ0v) is 24.7. The number of aromatic nitrogens is 1. The van der Waals surface area contributed by atoms with E-state index in [4.69, 9.17) is 21.1 Å². The van der Waals surface area contributed by atoms with Crippen LogP contribution in [0.5, 0.6) is 11.5 Å². The third-order valence-corrected chi connectivity index (χ3v) is 7.51. The van der Waals surface area contributed by atoms with Crippen molar-refractivity contribution in [3.63, 3.8) is 0 Å². The third kappa shape index (κ3) is 8.45. The van der Waals surface area contributed by atoms with Gasteiger partial charge in [-0.1, -0.05) is 49.1 Å². The van der Waals surface area contributed by atoms with Gasteiger partial charge in [-0.2, -0.15) is 0 Å². The number of methoxy groups -OCH3 is 2. The maximum absolute atomic E-state index is 14.1. The quantitative estimate of drug-likeness (QED) is 0.264. The van der Waals surface area contributed by atoms with Crippen LogP contribution in [0.2, 0.25) is 5.02 Å². The molecule has 0 saturated heterocycles. The zero-order chi connectivity index (χ0) is 29.9. The highest BCUT2D eigenvalue weighted by Crippen LogP contribution is 2.35. The van der Waals surface area contributed by atoms with E-state index in [1.165, 1.54) is 19.1 Å². The topological polar surface area (TPSA) is 110 Å². The minimum atomic E-state index is -0.990. The van der Waals surface area contributed by atoms with Gasteiger partial charge in [0.25, 0.3) is 0 Å². The molecular formula is C32H37ClN4O5. The molecule has 3 amide bonds.